The first-order valence-corrected chi connectivity index (χ1v) is 3.42. The Morgan fingerprint density at radius 2 is 1.71 bits per heavy atom. The van der Waals surface area contributed by atoms with E-state index in [0.29, 0.717) is 0 Å². The van der Waals surface area contributed by atoms with E-state index in [1.165, 1.54) is 0 Å². The second kappa shape index (κ2) is 3.39. The topological polar surface area (TPSA) is 12.4 Å². The highest BCUT2D eigenvalue weighted by Gasteiger charge is 1.99. The van der Waals surface area contributed by atoms with Gasteiger partial charge in [0.25, 0.3) is 8.33 Å². The minimum atomic E-state index is -4.03. The van der Waals surface area contributed by atoms with Crippen molar-refractivity contribution in [2.24, 2.45) is 4.52 Å². The lowest BCUT2D eigenvalue weighted by Gasteiger charge is -1.79. The predicted octanol–water partition coefficient (Wildman–Crippen LogP) is 3.32. The van der Waals surface area contributed by atoms with Gasteiger partial charge in [0.2, 0.25) is 0 Å². The molecule has 44 valence electrons. The van der Waals surface area contributed by atoms with Crippen molar-refractivity contribution in [1.82, 2.24) is 0 Å². The van der Waals surface area contributed by atoms with Crippen molar-refractivity contribution in [3.8, 4) is 0 Å². The molecule has 0 unspecified atom stereocenters. The normalized spacial score (nSPS) is 10.6. The van der Waals surface area contributed by atoms with Crippen LogP contribution in [0.5, 0.6) is 0 Å². The first kappa shape index (κ1) is 7.38. The van der Waals surface area contributed by atoms with E-state index in [2.05, 4.69) is 0 Å². The van der Waals surface area contributed by atoms with E-state index in [4.69, 9.17) is 0 Å². The second-order valence-electron chi connectivity index (χ2n) is 0.556. The molecule has 0 saturated carbocycles. The fourth-order valence-corrected chi connectivity index (χ4v) is 0.514. The molecule has 0 aromatic heterocycles. The number of rotatable bonds is 1. The molecule has 0 heterocycles. The van der Waals surface area contributed by atoms with Gasteiger partial charge < -0.3 is 0 Å². The molecule has 0 spiro atoms. The third kappa shape index (κ3) is 6.38. The molecule has 0 aromatic rings. The number of hydrogen-bond acceptors (Lipinski definition) is 1. The van der Waals surface area contributed by atoms with Gasteiger partial charge in [-0.1, -0.05) is 0 Å². The van der Waals surface area contributed by atoms with Crippen LogP contribution in [0.2, 0.25) is 0 Å². The fraction of sp³-hybridized carbons (Fsp3) is 0. The lowest BCUT2D eigenvalue weighted by Crippen LogP contribution is -1.30. The van der Waals surface area contributed by atoms with E-state index >= 15 is 0 Å². The number of nitrogens with zero attached hydrogens (tertiary/aromatic N) is 1. The van der Waals surface area contributed by atoms with Crippen molar-refractivity contribution in [2.45, 2.75) is 0 Å². The quantitative estimate of drug-likeness (QED) is 0.404. The number of hydrogen-bond donors (Lipinski definition) is 0. The molecule has 7 heavy (non-hydrogen) atoms. The Labute approximate surface area is 39.5 Å². The minimum absolute atomic E-state index is 1.78. The third-order valence-corrected chi connectivity index (χ3v) is 1.36. The van der Waals surface area contributed by atoms with E-state index in [-0.39, 0.29) is 0 Å². The molecule has 0 fully saturated rings. The predicted molar refractivity (Wildman–Crippen MR) is 22.1 cm³/mol. The summed E-state index contributed by atoms with van der Waals surface area (Å²) in [4.78, 5) is 0. The molecule has 0 N–H and O–H groups in total. The maximum Gasteiger partial charge on any atom is 0.395 e. The van der Waals surface area contributed by atoms with Crippen LogP contribution in [-0.2, 0) is 0 Å². The Morgan fingerprint density at radius 3 is 1.71 bits per heavy atom. The van der Waals surface area contributed by atoms with Gasteiger partial charge in [0, 0.05) is 0 Å². The molecule has 0 aliphatic carbocycles. The van der Waals surface area contributed by atoms with Crippen molar-refractivity contribution < 1.29 is 16.8 Å². The van der Waals surface area contributed by atoms with Crippen LogP contribution < -0.4 is 0 Å². The third-order valence-electron chi connectivity index (χ3n) is 0.151. The molecule has 0 saturated heterocycles. The summed E-state index contributed by atoms with van der Waals surface area (Å²) < 4.78 is 44.8. The Morgan fingerprint density at radius 1 is 1.29 bits per heavy atom. The fourth-order valence-electron chi connectivity index (χ4n) is 0.0571. The van der Waals surface area contributed by atoms with Crippen LogP contribution in [0, 0.1) is 0 Å². The SMILES string of the molecule is FP(F)N=[PH](F)F. The molecule has 1 nitrogen and oxygen atoms in total. The summed E-state index contributed by atoms with van der Waals surface area (Å²) in [6.45, 7) is 0. The summed E-state index contributed by atoms with van der Waals surface area (Å²) in [7, 11) is -7.75. The molecule has 0 radical (unpaired) electrons. The summed E-state index contributed by atoms with van der Waals surface area (Å²) in [5.74, 6) is 0. The highest BCUT2D eigenvalue weighted by molar-refractivity contribution is 7.53. The minimum Gasteiger partial charge on any atom is -0.176 e. The molecule has 0 amide bonds. The molecular weight excluding hydrogens is 152 g/mol. The van der Waals surface area contributed by atoms with E-state index in [0.717, 1.165) is 0 Å². The molecule has 0 rings (SSSR count). The summed E-state index contributed by atoms with van der Waals surface area (Å²) in [6.07, 6.45) is 0. The zero-order valence-corrected chi connectivity index (χ0v) is 4.80. The van der Waals surface area contributed by atoms with Crippen LogP contribution in [0.1, 0.15) is 0 Å². The molecule has 0 aliphatic rings. The highest BCUT2D eigenvalue weighted by Crippen LogP contribution is 2.49. The van der Waals surface area contributed by atoms with Gasteiger partial charge in [0.1, 0.15) is 0 Å². The maximum atomic E-state index is 10.8. The van der Waals surface area contributed by atoms with Crippen molar-refractivity contribution in [2.75, 3.05) is 0 Å². The van der Waals surface area contributed by atoms with Gasteiger partial charge in [0.15, 0.2) is 0 Å². The number of halogens is 4. The summed E-state index contributed by atoms with van der Waals surface area (Å²) >= 11 is 0. The average Bonchev–Trinajstić information content (AvgIpc) is 1.27. The van der Waals surface area contributed by atoms with Gasteiger partial charge in [-0.05, 0) is 0 Å². The monoisotopic (exact) mass is 153 g/mol. The van der Waals surface area contributed by atoms with Crippen molar-refractivity contribution in [3.63, 3.8) is 0 Å². The standard InChI is InChI=1S/F4HNP2/c1-6(2)5-7(3)4/h6H. The summed E-state index contributed by atoms with van der Waals surface area (Å²) in [5.41, 5.74) is 0. The van der Waals surface area contributed by atoms with Crippen molar-refractivity contribution in [3.05, 3.63) is 0 Å². The van der Waals surface area contributed by atoms with Gasteiger partial charge in [-0.3, -0.25) is 0 Å². The van der Waals surface area contributed by atoms with Gasteiger partial charge in [-0.15, -0.1) is 0 Å². The summed E-state index contributed by atoms with van der Waals surface area (Å²) in [6, 6.07) is 0. The average molecular weight is 153 g/mol. The Kier molecular flexibility index (Phi) is 3.57. The maximum absolute atomic E-state index is 10.8. The van der Waals surface area contributed by atoms with Crippen LogP contribution in [0.3, 0.4) is 0 Å². The Hall–Kier alpha value is 0.380. The van der Waals surface area contributed by atoms with Gasteiger partial charge in [-0.25, -0.2) is 0 Å². The van der Waals surface area contributed by atoms with E-state index < -0.39 is 17.0 Å². The molecule has 0 aromatic carbocycles. The lowest BCUT2D eigenvalue weighted by atomic mass is 13.9. The molecule has 7 heteroatoms. The highest BCUT2D eigenvalue weighted by atomic mass is 31.2. The zero-order chi connectivity index (χ0) is 5.86. The molecular formula is HF4NP2. The van der Waals surface area contributed by atoms with Crippen LogP contribution in [0.4, 0.5) is 16.8 Å². The van der Waals surface area contributed by atoms with Crippen LogP contribution >= 0.6 is 17.0 Å². The first-order chi connectivity index (χ1) is 3.13. The van der Waals surface area contributed by atoms with Crippen LogP contribution in [0.15, 0.2) is 4.52 Å². The largest absolute Gasteiger partial charge is 0.395 e. The first-order valence-electron chi connectivity index (χ1n) is 1.14. The lowest BCUT2D eigenvalue weighted by molar-refractivity contribution is 0.734. The van der Waals surface area contributed by atoms with E-state index in [1.54, 1.807) is 4.52 Å². The van der Waals surface area contributed by atoms with Gasteiger partial charge >= 0.3 is 8.69 Å². The summed E-state index contributed by atoms with van der Waals surface area (Å²) in [5, 5.41) is 0. The second-order valence-corrected chi connectivity index (χ2v) is 2.27. The zero-order valence-electron chi connectivity index (χ0n) is 2.91. The molecule has 0 bridgehead atoms. The van der Waals surface area contributed by atoms with Gasteiger partial charge in [0.05, 0.1) is 0 Å². The Balaban J connectivity index is 3.45. The van der Waals surface area contributed by atoms with Crippen LogP contribution in [0.25, 0.3) is 0 Å². The Bertz CT molecular complexity index is 73.8. The van der Waals surface area contributed by atoms with Crippen molar-refractivity contribution >= 4 is 17.0 Å². The van der Waals surface area contributed by atoms with E-state index in [1.807, 2.05) is 0 Å². The van der Waals surface area contributed by atoms with Crippen molar-refractivity contribution in [1.29, 1.82) is 0 Å². The van der Waals surface area contributed by atoms with E-state index in [9.17, 15) is 16.8 Å². The van der Waals surface area contributed by atoms with Gasteiger partial charge in [-0.2, -0.15) is 21.3 Å². The molecule has 0 aliphatic heterocycles. The smallest absolute Gasteiger partial charge is 0.176 e. The van der Waals surface area contributed by atoms with Crippen LogP contribution in [-0.4, -0.2) is 0 Å². The molecule has 0 atom stereocenters.